The van der Waals surface area contributed by atoms with Gasteiger partial charge in [-0.3, -0.25) is 0 Å². The number of aliphatic hydroxyl groups is 1. The number of rotatable bonds is 1. The second kappa shape index (κ2) is 4.77. The normalized spacial score (nSPS) is 17.8. The molecule has 0 spiro atoms. The standard InChI is InChI=1S/C14H20NO3P/c1-13(2,3)18-12(16)15-8-14(17,9-15)10-6-4-5-7-11(10)19/h4-7,17H,8-9,19H2,1-3H3. The summed E-state index contributed by atoms with van der Waals surface area (Å²) >= 11 is 0. The van der Waals surface area contributed by atoms with Gasteiger partial charge in [-0.1, -0.05) is 24.3 Å². The highest BCUT2D eigenvalue weighted by atomic mass is 31.0. The molecule has 1 aromatic carbocycles. The number of hydrogen-bond acceptors (Lipinski definition) is 3. The lowest BCUT2D eigenvalue weighted by Crippen LogP contribution is -2.62. The molecule has 5 heteroatoms. The number of ether oxygens (including phenoxy) is 1. The van der Waals surface area contributed by atoms with Crippen LogP contribution in [0.25, 0.3) is 0 Å². The third-order valence-electron chi connectivity index (χ3n) is 3.02. The lowest BCUT2D eigenvalue weighted by atomic mass is 9.86. The Bertz CT molecular complexity index is 490. The van der Waals surface area contributed by atoms with Crippen molar-refractivity contribution in [1.29, 1.82) is 0 Å². The number of amides is 1. The van der Waals surface area contributed by atoms with Crippen molar-refractivity contribution in [1.82, 2.24) is 4.90 Å². The Morgan fingerprint density at radius 1 is 1.37 bits per heavy atom. The van der Waals surface area contributed by atoms with Crippen LogP contribution >= 0.6 is 9.24 Å². The van der Waals surface area contributed by atoms with E-state index < -0.39 is 11.2 Å². The van der Waals surface area contributed by atoms with Crippen molar-refractivity contribution in [3.05, 3.63) is 29.8 Å². The van der Waals surface area contributed by atoms with Crippen molar-refractivity contribution < 1.29 is 14.6 Å². The first-order chi connectivity index (χ1) is 8.71. The van der Waals surface area contributed by atoms with Gasteiger partial charge in [-0.25, -0.2) is 4.79 Å². The first-order valence-electron chi connectivity index (χ1n) is 6.27. The van der Waals surface area contributed by atoms with Gasteiger partial charge in [0.15, 0.2) is 0 Å². The number of carbonyl (C=O) groups excluding carboxylic acids is 1. The molecule has 1 aliphatic rings. The molecule has 1 fully saturated rings. The van der Waals surface area contributed by atoms with Crippen LogP contribution < -0.4 is 5.30 Å². The Morgan fingerprint density at radius 2 is 1.95 bits per heavy atom. The molecule has 1 atom stereocenters. The van der Waals surface area contributed by atoms with Gasteiger partial charge in [-0.15, -0.1) is 9.24 Å². The summed E-state index contributed by atoms with van der Waals surface area (Å²) in [5, 5.41) is 11.5. The molecule has 1 heterocycles. The lowest BCUT2D eigenvalue weighted by Gasteiger charge is -2.47. The zero-order valence-corrected chi connectivity index (χ0v) is 12.7. The Morgan fingerprint density at radius 3 is 2.47 bits per heavy atom. The third kappa shape index (κ3) is 3.07. The number of hydrogen-bond donors (Lipinski definition) is 1. The zero-order valence-electron chi connectivity index (χ0n) is 11.5. The molecule has 104 valence electrons. The largest absolute Gasteiger partial charge is 0.444 e. The molecule has 0 aromatic heterocycles. The molecule has 0 saturated carbocycles. The molecule has 1 amide bonds. The van der Waals surface area contributed by atoms with Crippen LogP contribution in [0.4, 0.5) is 4.79 Å². The predicted molar refractivity (Wildman–Crippen MR) is 77.5 cm³/mol. The second-order valence-electron chi connectivity index (χ2n) is 5.96. The van der Waals surface area contributed by atoms with E-state index in [1.54, 1.807) is 0 Å². The van der Waals surface area contributed by atoms with E-state index in [4.69, 9.17) is 4.74 Å². The van der Waals surface area contributed by atoms with E-state index in [1.165, 1.54) is 4.90 Å². The Hall–Kier alpha value is -1.12. The van der Waals surface area contributed by atoms with E-state index in [9.17, 15) is 9.90 Å². The average molecular weight is 281 g/mol. The molecule has 1 unspecified atom stereocenters. The van der Waals surface area contributed by atoms with Gasteiger partial charge in [0.1, 0.15) is 11.2 Å². The third-order valence-corrected chi connectivity index (χ3v) is 3.52. The van der Waals surface area contributed by atoms with Crippen molar-refractivity contribution in [2.45, 2.75) is 32.0 Å². The molecule has 0 bridgehead atoms. The van der Waals surface area contributed by atoms with Crippen LogP contribution in [-0.2, 0) is 10.3 Å². The minimum absolute atomic E-state index is 0.271. The summed E-state index contributed by atoms with van der Waals surface area (Å²) in [5.74, 6) is 0. The molecular formula is C14H20NO3P. The quantitative estimate of drug-likeness (QED) is 0.796. The SMILES string of the molecule is CC(C)(C)OC(=O)N1CC(O)(c2ccccc2P)C1. The maximum atomic E-state index is 11.8. The maximum absolute atomic E-state index is 11.8. The van der Waals surface area contributed by atoms with Gasteiger partial charge >= 0.3 is 6.09 Å². The van der Waals surface area contributed by atoms with Crippen molar-refractivity contribution in [2.24, 2.45) is 0 Å². The zero-order chi connectivity index (χ0) is 14.3. The molecule has 19 heavy (non-hydrogen) atoms. The summed E-state index contributed by atoms with van der Waals surface area (Å²) in [7, 11) is 2.61. The predicted octanol–water partition coefficient (Wildman–Crippen LogP) is 1.63. The Balaban J connectivity index is 2.02. The first kappa shape index (κ1) is 14.3. The molecule has 0 radical (unpaired) electrons. The van der Waals surface area contributed by atoms with Crippen molar-refractivity contribution in [2.75, 3.05) is 13.1 Å². The van der Waals surface area contributed by atoms with Crippen molar-refractivity contribution >= 4 is 20.6 Å². The van der Waals surface area contributed by atoms with Crippen LogP contribution in [0.3, 0.4) is 0 Å². The van der Waals surface area contributed by atoms with Crippen LogP contribution in [0.5, 0.6) is 0 Å². The van der Waals surface area contributed by atoms with Crippen LogP contribution in [0.15, 0.2) is 24.3 Å². The van der Waals surface area contributed by atoms with E-state index in [-0.39, 0.29) is 19.2 Å². The minimum atomic E-state index is -0.963. The molecule has 1 saturated heterocycles. The summed E-state index contributed by atoms with van der Waals surface area (Å²) in [6.45, 7) is 6.03. The molecule has 4 nitrogen and oxygen atoms in total. The van der Waals surface area contributed by atoms with Crippen LogP contribution in [0.1, 0.15) is 26.3 Å². The number of nitrogens with zero attached hydrogens (tertiary/aromatic N) is 1. The van der Waals surface area contributed by atoms with E-state index in [2.05, 4.69) is 9.24 Å². The summed E-state index contributed by atoms with van der Waals surface area (Å²) in [5.41, 5.74) is -0.627. The van der Waals surface area contributed by atoms with Gasteiger partial charge in [0.05, 0.1) is 13.1 Å². The van der Waals surface area contributed by atoms with Crippen LogP contribution in [0, 0.1) is 0 Å². The van der Waals surface area contributed by atoms with E-state index in [1.807, 2.05) is 45.0 Å². The minimum Gasteiger partial charge on any atom is -0.444 e. The monoisotopic (exact) mass is 281 g/mol. The van der Waals surface area contributed by atoms with Gasteiger partial charge in [-0.2, -0.15) is 0 Å². The first-order valence-corrected chi connectivity index (χ1v) is 6.84. The smallest absolute Gasteiger partial charge is 0.410 e. The summed E-state index contributed by atoms with van der Waals surface area (Å²) < 4.78 is 5.27. The average Bonchev–Trinajstić information content (AvgIpc) is 2.23. The number of likely N-dealkylation sites (tertiary alicyclic amines) is 1. The molecular weight excluding hydrogens is 261 g/mol. The van der Waals surface area contributed by atoms with Gasteiger partial charge in [0.25, 0.3) is 0 Å². The molecule has 0 aliphatic carbocycles. The maximum Gasteiger partial charge on any atom is 0.410 e. The molecule has 1 aliphatic heterocycles. The van der Waals surface area contributed by atoms with E-state index in [0.29, 0.717) is 0 Å². The molecule has 1 aromatic rings. The Labute approximate surface area is 116 Å². The highest BCUT2D eigenvalue weighted by Gasteiger charge is 2.46. The van der Waals surface area contributed by atoms with Crippen LogP contribution in [-0.4, -0.2) is 34.8 Å². The fourth-order valence-corrected chi connectivity index (χ4v) is 2.61. The number of benzene rings is 1. The summed E-state index contributed by atoms with van der Waals surface area (Å²) in [6.07, 6.45) is -0.376. The van der Waals surface area contributed by atoms with Crippen molar-refractivity contribution in [3.63, 3.8) is 0 Å². The number of carbonyl (C=O) groups is 1. The van der Waals surface area contributed by atoms with E-state index in [0.717, 1.165) is 10.9 Å². The lowest BCUT2D eigenvalue weighted by molar-refractivity contribution is -0.103. The fraction of sp³-hybridized carbons (Fsp3) is 0.500. The van der Waals surface area contributed by atoms with E-state index >= 15 is 0 Å². The fourth-order valence-electron chi connectivity index (χ4n) is 2.13. The van der Waals surface area contributed by atoms with Gasteiger partial charge < -0.3 is 14.7 Å². The highest BCUT2D eigenvalue weighted by molar-refractivity contribution is 7.27. The molecule has 1 N–H and O–H groups in total. The molecule has 2 rings (SSSR count). The van der Waals surface area contributed by atoms with Crippen molar-refractivity contribution in [3.8, 4) is 0 Å². The van der Waals surface area contributed by atoms with Gasteiger partial charge in [-0.05, 0) is 31.6 Å². The Kier molecular flexibility index (Phi) is 3.59. The van der Waals surface area contributed by atoms with Gasteiger partial charge in [0, 0.05) is 0 Å². The summed E-state index contributed by atoms with van der Waals surface area (Å²) in [6, 6.07) is 7.61. The van der Waals surface area contributed by atoms with Gasteiger partial charge in [0.2, 0.25) is 0 Å². The topological polar surface area (TPSA) is 49.8 Å². The second-order valence-corrected chi connectivity index (χ2v) is 6.58. The van der Waals surface area contributed by atoms with Crippen LogP contribution in [0.2, 0.25) is 0 Å². The summed E-state index contributed by atoms with van der Waals surface area (Å²) in [4.78, 5) is 13.3. The highest BCUT2D eigenvalue weighted by Crippen LogP contribution is 2.32. The number of β-amino-alcohol motifs (C(OH)–C–C–N with tert-alkyl or cyclic N) is 1.